The Bertz CT molecular complexity index is 554. The van der Waals surface area contributed by atoms with E-state index in [1.54, 1.807) is 16.8 Å². The summed E-state index contributed by atoms with van der Waals surface area (Å²) in [6, 6.07) is 7.55. The molecule has 3 nitrogen and oxygen atoms in total. The van der Waals surface area contributed by atoms with Gasteiger partial charge in [-0.05, 0) is 42.7 Å². The fourth-order valence-electron chi connectivity index (χ4n) is 4.72. The number of aliphatic hydroxyl groups excluding tert-OH is 1. The topological polar surface area (TPSA) is 26.7 Å². The fourth-order valence-corrected chi connectivity index (χ4v) is 4.72. The van der Waals surface area contributed by atoms with E-state index in [9.17, 15) is 5.11 Å². The predicted octanol–water partition coefficient (Wildman–Crippen LogP) is 1.95. The minimum Gasteiger partial charge on any atom is -0.378 e. The summed E-state index contributed by atoms with van der Waals surface area (Å²) >= 11 is 0. The first-order valence-corrected chi connectivity index (χ1v) is 8.13. The Morgan fingerprint density at radius 3 is 2.90 bits per heavy atom. The zero-order valence-corrected chi connectivity index (χ0v) is 11.8. The van der Waals surface area contributed by atoms with Crippen molar-refractivity contribution in [3.05, 3.63) is 29.3 Å². The highest BCUT2D eigenvalue weighted by Gasteiger charge is 2.46. The molecule has 3 atom stereocenters. The molecule has 0 radical (unpaired) electrons. The van der Waals surface area contributed by atoms with Crippen LogP contribution in [-0.4, -0.2) is 41.9 Å². The molecular weight excluding hydrogens is 248 g/mol. The SMILES string of the molecule is OC(C1CC1)N1CCC2C(C1)c1cccc3c1N2CC3. The number of nitrogens with zero attached hydrogens (tertiary/aromatic N) is 2. The second-order valence-electron chi connectivity index (χ2n) is 7.01. The minimum atomic E-state index is -0.181. The molecule has 1 aromatic rings. The third-order valence-corrected chi connectivity index (χ3v) is 5.89. The summed E-state index contributed by atoms with van der Waals surface area (Å²) in [4.78, 5) is 5.01. The number of aliphatic hydroxyl groups is 1. The smallest absolute Gasteiger partial charge is 0.110 e. The number of para-hydroxylation sites is 1. The maximum atomic E-state index is 10.4. The van der Waals surface area contributed by atoms with Gasteiger partial charge in [0.1, 0.15) is 6.23 Å². The van der Waals surface area contributed by atoms with Crippen molar-refractivity contribution in [3.63, 3.8) is 0 Å². The first-order valence-electron chi connectivity index (χ1n) is 8.13. The van der Waals surface area contributed by atoms with E-state index < -0.39 is 0 Å². The largest absolute Gasteiger partial charge is 0.378 e. The molecule has 1 saturated carbocycles. The molecule has 106 valence electrons. The fraction of sp³-hybridized carbons (Fsp3) is 0.647. The van der Waals surface area contributed by atoms with Gasteiger partial charge in [0.05, 0.1) is 0 Å². The lowest BCUT2D eigenvalue weighted by Crippen LogP contribution is -2.50. The quantitative estimate of drug-likeness (QED) is 0.890. The van der Waals surface area contributed by atoms with E-state index in [1.165, 1.54) is 32.2 Å². The molecule has 0 spiro atoms. The number of piperidine rings is 1. The lowest BCUT2D eigenvalue weighted by Gasteiger charge is -2.40. The molecule has 5 rings (SSSR count). The van der Waals surface area contributed by atoms with Crippen LogP contribution in [0.25, 0.3) is 0 Å². The molecular formula is C17H22N2O. The second kappa shape index (κ2) is 3.99. The van der Waals surface area contributed by atoms with Crippen molar-refractivity contribution in [1.82, 2.24) is 4.90 Å². The second-order valence-corrected chi connectivity index (χ2v) is 7.01. The molecule has 4 aliphatic rings. The lowest BCUT2D eigenvalue weighted by molar-refractivity contribution is -0.0302. The first kappa shape index (κ1) is 11.6. The van der Waals surface area contributed by atoms with Gasteiger partial charge in [-0.2, -0.15) is 0 Å². The molecule has 0 amide bonds. The van der Waals surface area contributed by atoms with Crippen LogP contribution in [-0.2, 0) is 6.42 Å². The number of fused-ring (bicyclic) bond motifs is 3. The van der Waals surface area contributed by atoms with Crippen LogP contribution in [0.5, 0.6) is 0 Å². The number of hydrogen-bond donors (Lipinski definition) is 1. The van der Waals surface area contributed by atoms with E-state index in [1.807, 2.05) is 0 Å². The molecule has 1 saturated heterocycles. The van der Waals surface area contributed by atoms with Crippen LogP contribution >= 0.6 is 0 Å². The van der Waals surface area contributed by atoms with Crippen molar-refractivity contribution in [3.8, 4) is 0 Å². The zero-order valence-electron chi connectivity index (χ0n) is 11.8. The van der Waals surface area contributed by atoms with Gasteiger partial charge in [0, 0.05) is 37.3 Å². The van der Waals surface area contributed by atoms with Crippen LogP contribution in [0.1, 0.15) is 36.3 Å². The Morgan fingerprint density at radius 1 is 1.15 bits per heavy atom. The van der Waals surface area contributed by atoms with Gasteiger partial charge in [-0.25, -0.2) is 0 Å². The van der Waals surface area contributed by atoms with Crippen molar-refractivity contribution in [2.24, 2.45) is 5.92 Å². The molecule has 0 aromatic heterocycles. The van der Waals surface area contributed by atoms with E-state index in [-0.39, 0.29) is 6.23 Å². The summed E-state index contributed by atoms with van der Waals surface area (Å²) in [5.41, 5.74) is 4.65. The Kier molecular flexibility index (Phi) is 2.31. The molecule has 1 N–H and O–H groups in total. The maximum Gasteiger partial charge on any atom is 0.110 e. The molecule has 0 bridgehead atoms. The van der Waals surface area contributed by atoms with Crippen LogP contribution in [0.3, 0.4) is 0 Å². The molecule has 20 heavy (non-hydrogen) atoms. The summed E-state index contributed by atoms with van der Waals surface area (Å²) in [6.45, 7) is 3.33. The summed E-state index contributed by atoms with van der Waals surface area (Å²) in [6.07, 6.45) is 4.69. The van der Waals surface area contributed by atoms with Gasteiger partial charge in [-0.3, -0.25) is 4.90 Å². The molecule has 3 aliphatic heterocycles. The number of likely N-dealkylation sites (tertiary alicyclic amines) is 1. The number of hydrogen-bond acceptors (Lipinski definition) is 3. The van der Waals surface area contributed by atoms with Gasteiger partial charge in [0.25, 0.3) is 0 Å². The minimum absolute atomic E-state index is 0.181. The molecule has 3 heterocycles. The third-order valence-electron chi connectivity index (χ3n) is 5.89. The van der Waals surface area contributed by atoms with E-state index in [2.05, 4.69) is 28.0 Å². The predicted molar refractivity (Wildman–Crippen MR) is 78.9 cm³/mol. The summed E-state index contributed by atoms with van der Waals surface area (Å²) in [5.74, 6) is 1.18. The highest BCUT2D eigenvalue weighted by Crippen LogP contribution is 2.49. The van der Waals surface area contributed by atoms with Gasteiger partial charge in [0.15, 0.2) is 0 Å². The lowest BCUT2D eigenvalue weighted by atomic mass is 9.87. The van der Waals surface area contributed by atoms with E-state index in [0.29, 0.717) is 17.9 Å². The van der Waals surface area contributed by atoms with E-state index >= 15 is 0 Å². The Hall–Kier alpha value is -1.06. The van der Waals surface area contributed by atoms with Crippen LogP contribution in [0.2, 0.25) is 0 Å². The van der Waals surface area contributed by atoms with Crippen molar-refractivity contribution in [2.75, 3.05) is 24.5 Å². The number of benzene rings is 1. The van der Waals surface area contributed by atoms with Crippen molar-refractivity contribution < 1.29 is 5.11 Å². The zero-order chi connectivity index (χ0) is 13.3. The highest BCUT2D eigenvalue weighted by atomic mass is 16.3. The van der Waals surface area contributed by atoms with Crippen LogP contribution < -0.4 is 4.90 Å². The van der Waals surface area contributed by atoms with Crippen molar-refractivity contribution in [2.45, 2.75) is 43.9 Å². The van der Waals surface area contributed by atoms with Crippen LogP contribution in [0, 0.1) is 5.92 Å². The first-order chi connectivity index (χ1) is 9.83. The number of rotatable bonds is 2. The standard InChI is InChI=1S/C17H22N2O/c20-17(12-4-5-12)18-8-7-15-14(10-18)13-3-1-2-11-6-9-19(15)16(11)13/h1-3,12,14-15,17,20H,4-10H2. The molecule has 3 heteroatoms. The normalized spacial score (nSPS) is 33.1. The Morgan fingerprint density at radius 2 is 2.05 bits per heavy atom. The summed E-state index contributed by atoms with van der Waals surface area (Å²) in [5, 5.41) is 10.4. The third kappa shape index (κ3) is 1.48. The maximum absolute atomic E-state index is 10.4. The summed E-state index contributed by atoms with van der Waals surface area (Å²) in [7, 11) is 0. The van der Waals surface area contributed by atoms with Crippen LogP contribution in [0.4, 0.5) is 5.69 Å². The molecule has 2 fully saturated rings. The average Bonchev–Trinajstić information content (AvgIpc) is 3.17. The van der Waals surface area contributed by atoms with Gasteiger partial charge in [0.2, 0.25) is 0 Å². The van der Waals surface area contributed by atoms with E-state index in [0.717, 1.165) is 13.1 Å². The van der Waals surface area contributed by atoms with Gasteiger partial charge in [-0.1, -0.05) is 18.2 Å². The summed E-state index contributed by atoms with van der Waals surface area (Å²) < 4.78 is 0. The number of anilines is 1. The van der Waals surface area contributed by atoms with Crippen molar-refractivity contribution in [1.29, 1.82) is 0 Å². The van der Waals surface area contributed by atoms with Crippen molar-refractivity contribution >= 4 is 5.69 Å². The van der Waals surface area contributed by atoms with Gasteiger partial charge in [-0.15, -0.1) is 0 Å². The molecule has 3 unspecified atom stereocenters. The highest BCUT2D eigenvalue weighted by molar-refractivity contribution is 5.70. The average molecular weight is 270 g/mol. The van der Waals surface area contributed by atoms with Gasteiger partial charge >= 0.3 is 0 Å². The van der Waals surface area contributed by atoms with Crippen LogP contribution in [0.15, 0.2) is 18.2 Å². The molecule has 1 aromatic carbocycles. The Labute approximate surface area is 120 Å². The Balaban J connectivity index is 1.48. The van der Waals surface area contributed by atoms with Gasteiger partial charge < -0.3 is 10.0 Å². The van der Waals surface area contributed by atoms with E-state index in [4.69, 9.17) is 0 Å². The monoisotopic (exact) mass is 270 g/mol. The molecule has 1 aliphatic carbocycles.